The minimum atomic E-state index is 0.209. The topological polar surface area (TPSA) is 58.9 Å². The van der Waals surface area contributed by atoms with Crippen LogP contribution in [0.3, 0.4) is 0 Å². The van der Waals surface area contributed by atoms with Crippen molar-refractivity contribution in [3.8, 4) is 45.6 Å². The maximum atomic E-state index is 9.32. The van der Waals surface area contributed by atoms with Crippen LogP contribution in [0.5, 0.6) is 34.5 Å². The molecule has 4 rings (SSSR count). The van der Waals surface area contributed by atoms with Gasteiger partial charge in [-0.1, -0.05) is 24.3 Å². The van der Waals surface area contributed by atoms with Gasteiger partial charge in [0.25, 0.3) is 0 Å². The van der Waals surface area contributed by atoms with E-state index in [1.807, 2.05) is 48.5 Å². The molecule has 0 aliphatic carbocycles. The summed E-state index contributed by atoms with van der Waals surface area (Å²) < 4.78 is 11.5. The van der Waals surface area contributed by atoms with E-state index in [-0.39, 0.29) is 11.5 Å². The summed E-state index contributed by atoms with van der Waals surface area (Å²) in [5, 5.41) is 18.6. The van der Waals surface area contributed by atoms with Crippen LogP contribution in [0, 0.1) is 0 Å². The number of phenols is 2. The van der Waals surface area contributed by atoms with Gasteiger partial charge in [0.05, 0.1) is 0 Å². The summed E-state index contributed by atoms with van der Waals surface area (Å²) in [5.74, 6) is 3.20. The summed E-state index contributed by atoms with van der Waals surface area (Å²) in [5.41, 5.74) is 2.13. The van der Waals surface area contributed by atoms with Crippen LogP contribution in [0.2, 0.25) is 0 Å². The maximum absolute atomic E-state index is 9.32. The molecule has 0 unspecified atom stereocenters. The molecule has 0 atom stereocenters. The van der Waals surface area contributed by atoms with Crippen LogP contribution < -0.4 is 9.47 Å². The molecule has 0 aliphatic heterocycles. The molecule has 0 amide bonds. The Morgan fingerprint density at radius 1 is 0.357 bits per heavy atom. The second-order valence-corrected chi connectivity index (χ2v) is 6.24. The molecule has 4 nitrogen and oxygen atoms in total. The molecule has 0 fully saturated rings. The van der Waals surface area contributed by atoms with Crippen LogP contribution in [0.25, 0.3) is 11.1 Å². The average molecular weight is 370 g/mol. The highest BCUT2D eigenvalue weighted by Crippen LogP contribution is 2.29. The van der Waals surface area contributed by atoms with Crippen LogP contribution in [-0.2, 0) is 0 Å². The zero-order valence-electron chi connectivity index (χ0n) is 14.9. The van der Waals surface area contributed by atoms with E-state index >= 15 is 0 Å². The Bertz CT molecular complexity index is 947. The van der Waals surface area contributed by atoms with Crippen molar-refractivity contribution in [1.29, 1.82) is 0 Å². The van der Waals surface area contributed by atoms with Crippen LogP contribution in [0.4, 0.5) is 0 Å². The van der Waals surface area contributed by atoms with Crippen molar-refractivity contribution >= 4 is 0 Å². The number of hydrogen-bond donors (Lipinski definition) is 2. The molecule has 0 radical (unpaired) electrons. The van der Waals surface area contributed by atoms with E-state index in [2.05, 4.69) is 0 Å². The predicted octanol–water partition coefficient (Wildman–Crippen LogP) is 6.35. The molecule has 0 bridgehead atoms. The minimum absolute atomic E-state index is 0.209. The number of phenolic OH excluding ortho intramolecular Hbond substituents is 2. The lowest BCUT2D eigenvalue weighted by Gasteiger charge is -2.09. The zero-order valence-corrected chi connectivity index (χ0v) is 14.9. The molecule has 4 aromatic carbocycles. The van der Waals surface area contributed by atoms with E-state index in [0.29, 0.717) is 11.5 Å². The summed E-state index contributed by atoms with van der Waals surface area (Å²) in [6, 6.07) is 28.8. The lowest BCUT2D eigenvalue weighted by molar-refractivity contribution is 0.464. The van der Waals surface area contributed by atoms with E-state index in [0.717, 1.165) is 22.6 Å². The number of hydrogen-bond acceptors (Lipinski definition) is 4. The molecule has 0 heterocycles. The van der Waals surface area contributed by atoms with Crippen molar-refractivity contribution < 1.29 is 19.7 Å². The van der Waals surface area contributed by atoms with Crippen molar-refractivity contribution in [2.24, 2.45) is 0 Å². The summed E-state index contributed by atoms with van der Waals surface area (Å²) in [7, 11) is 0. The van der Waals surface area contributed by atoms with E-state index in [1.165, 1.54) is 0 Å². The second kappa shape index (κ2) is 7.76. The van der Waals surface area contributed by atoms with Crippen LogP contribution >= 0.6 is 0 Å². The minimum Gasteiger partial charge on any atom is -0.508 e. The van der Waals surface area contributed by atoms with E-state index in [1.54, 1.807) is 48.5 Å². The van der Waals surface area contributed by atoms with Crippen LogP contribution in [-0.4, -0.2) is 10.2 Å². The third-order valence-corrected chi connectivity index (χ3v) is 4.19. The fraction of sp³-hybridized carbons (Fsp3) is 0. The third kappa shape index (κ3) is 4.24. The first-order valence-electron chi connectivity index (χ1n) is 8.80. The lowest BCUT2D eigenvalue weighted by Crippen LogP contribution is -1.85. The Morgan fingerprint density at radius 2 is 0.607 bits per heavy atom. The fourth-order valence-electron chi connectivity index (χ4n) is 2.73. The zero-order chi connectivity index (χ0) is 19.3. The molecule has 4 heteroatoms. The Balaban J connectivity index is 1.43. The van der Waals surface area contributed by atoms with Gasteiger partial charge in [0.2, 0.25) is 0 Å². The number of ether oxygens (including phenoxy) is 2. The van der Waals surface area contributed by atoms with Gasteiger partial charge in [0.1, 0.15) is 34.5 Å². The van der Waals surface area contributed by atoms with Crippen LogP contribution in [0.1, 0.15) is 0 Å². The number of aromatic hydroxyl groups is 2. The van der Waals surface area contributed by atoms with Gasteiger partial charge in [0.15, 0.2) is 0 Å². The molecule has 2 N–H and O–H groups in total. The highest BCUT2D eigenvalue weighted by molar-refractivity contribution is 5.65. The number of benzene rings is 4. The monoisotopic (exact) mass is 370 g/mol. The first kappa shape index (κ1) is 17.5. The molecule has 0 saturated carbocycles. The SMILES string of the molecule is Oc1ccc(Oc2ccc(-c3ccc(Oc4ccc(O)cc4)cc3)cc2)cc1. The van der Waals surface area contributed by atoms with Crippen molar-refractivity contribution in [2.75, 3.05) is 0 Å². The normalized spacial score (nSPS) is 10.4. The predicted molar refractivity (Wildman–Crippen MR) is 108 cm³/mol. The number of rotatable bonds is 5. The quantitative estimate of drug-likeness (QED) is 0.430. The van der Waals surface area contributed by atoms with Gasteiger partial charge in [0, 0.05) is 0 Å². The van der Waals surface area contributed by atoms with Crippen molar-refractivity contribution in [2.45, 2.75) is 0 Å². The highest BCUT2D eigenvalue weighted by Gasteiger charge is 2.03. The average Bonchev–Trinajstić information content (AvgIpc) is 2.73. The van der Waals surface area contributed by atoms with Gasteiger partial charge in [-0.3, -0.25) is 0 Å². The first-order chi connectivity index (χ1) is 13.7. The molecule has 138 valence electrons. The molecule has 0 aromatic heterocycles. The molecule has 0 aliphatic rings. The molecule has 28 heavy (non-hydrogen) atoms. The Hall–Kier alpha value is -3.92. The molecule has 0 saturated heterocycles. The highest BCUT2D eigenvalue weighted by atomic mass is 16.5. The van der Waals surface area contributed by atoms with E-state index in [9.17, 15) is 10.2 Å². The lowest BCUT2D eigenvalue weighted by atomic mass is 10.1. The third-order valence-electron chi connectivity index (χ3n) is 4.19. The molecule has 0 spiro atoms. The van der Waals surface area contributed by atoms with Crippen molar-refractivity contribution in [3.05, 3.63) is 97.1 Å². The van der Waals surface area contributed by atoms with Gasteiger partial charge in [-0.05, 0) is 83.9 Å². The van der Waals surface area contributed by atoms with Crippen LogP contribution in [0.15, 0.2) is 97.1 Å². The smallest absolute Gasteiger partial charge is 0.127 e. The van der Waals surface area contributed by atoms with Gasteiger partial charge in [-0.25, -0.2) is 0 Å². The fourth-order valence-corrected chi connectivity index (χ4v) is 2.73. The largest absolute Gasteiger partial charge is 0.508 e. The van der Waals surface area contributed by atoms with Gasteiger partial charge < -0.3 is 19.7 Å². The molecular weight excluding hydrogens is 352 g/mol. The Labute approximate surface area is 162 Å². The van der Waals surface area contributed by atoms with E-state index < -0.39 is 0 Å². The Morgan fingerprint density at radius 3 is 0.893 bits per heavy atom. The first-order valence-corrected chi connectivity index (χ1v) is 8.80. The van der Waals surface area contributed by atoms with E-state index in [4.69, 9.17) is 9.47 Å². The van der Waals surface area contributed by atoms with Gasteiger partial charge in [-0.2, -0.15) is 0 Å². The summed E-state index contributed by atoms with van der Waals surface area (Å²) in [6.45, 7) is 0. The Kier molecular flexibility index (Phi) is 4.85. The maximum Gasteiger partial charge on any atom is 0.127 e. The molecular formula is C24H18O4. The van der Waals surface area contributed by atoms with Gasteiger partial charge in [-0.15, -0.1) is 0 Å². The summed E-state index contributed by atoms with van der Waals surface area (Å²) >= 11 is 0. The molecule has 4 aromatic rings. The van der Waals surface area contributed by atoms with Gasteiger partial charge >= 0.3 is 0 Å². The standard InChI is InChI=1S/C24H18O4/c25-19-5-13-23(14-6-19)27-21-9-1-17(2-10-21)18-3-11-22(12-4-18)28-24-15-7-20(26)8-16-24/h1-16,25-26H. The van der Waals surface area contributed by atoms with Crippen molar-refractivity contribution in [3.63, 3.8) is 0 Å². The summed E-state index contributed by atoms with van der Waals surface area (Å²) in [6.07, 6.45) is 0. The summed E-state index contributed by atoms with van der Waals surface area (Å²) in [4.78, 5) is 0. The van der Waals surface area contributed by atoms with Crippen molar-refractivity contribution in [1.82, 2.24) is 0 Å². The second-order valence-electron chi connectivity index (χ2n) is 6.24.